The highest BCUT2D eigenvalue weighted by molar-refractivity contribution is 5.74. The van der Waals surface area contributed by atoms with Crippen LogP contribution in [0.2, 0.25) is 0 Å². The molecule has 2 aliphatic carbocycles. The Hall–Kier alpha value is -4.05. The molecule has 2 fully saturated rings. The number of aryl methyl sites for hydroxylation is 3. The molecular formula is C34H42F2N4O4. The quantitative estimate of drug-likeness (QED) is 0.222. The smallest absolute Gasteiger partial charge is 0.270 e. The average Bonchev–Trinajstić information content (AvgIpc) is 3.40. The number of aromatic amines is 2. The first kappa shape index (κ1) is 32.9. The molecule has 0 bridgehead atoms. The maximum Gasteiger partial charge on any atom is 0.270 e. The summed E-state index contributed by atoms with van der Waals surface area (Å²) >= 11 is 0. The summed E-state index contributed by atoms with van der Waals surface area (Å²) in [6.45, 7) is 9.61. The fraction of sp³-hybridized carbons (Fsp3) is 0.441. The number of ether oxygens (including phenoxy) is 1. The molecule has 236 valence electrons. The van der Waals surface area contributed by atoms with Gasteiger partial charge in [0.15, 0.2) is 0 Å². The van der Waals surface area contributed by atoms with Crippen molar-refractivity contribution in [1.82, 2.24) is 19.6 Å². The maximum absolute atomic E-state index is 13.9. The van der Waals surface area contributed by atoms with E-state index in [2.05, 4.69) is 10.2 Å². The number of carbonyl (C=O) groups excluding carboxylic acids is 1. The maximum atomic E-state index is 13.9. The number of H-pyrrole nitrogens is 2. The Labute approximate surface area is 256 Å². The summed E-state index contributed by atoms with van der Waals surface area (Å²) in [5.41, 5.74) is 4.61. The first-order valence-electron chi connectivity index (χ1n) is 15.2. The molecule has 0 saturated heterocycles. The molecule has 44 heavy (non-hydrogen) atoms. The van der Waals surface area contributed by atoms with E-state index in [4.69, 9.17) is 4.74 Å². The van der Waals surface area contributed by atoms with E-state index in [9.17, 15) is 23.2 Å². The third-order valence-corrected chi connectivity index (χ3v) is 8.47. The highest BCUT2D eigenvalue weighted by Gasteiger charge is 2.28. The lowest BCUT2D eigenvalue weighted by atomic mass is 9.93. The van der Waals surface area contributed by atoms with Gasteiger partial charge in [0.05, 0.1) is 17.6 Å². The van der Waals surface area contributed by atoms with Gasteiger partial charge in [0.2, 0.25) is 0 Å². The Kier molecular flexibility index (Phi) is 10.9. The molecule has 0 radical (unpaired) electrons. The predicted molar refractivity (Wildman–Crippen MR) is 166 cm³/mol. The second-order valence-corrected chi connectivity index (χ2v) is 11.6. The topological polar surface area (TPSA) is 102 Å². The average molecular weight is 609 g/mol. The third kappa shape index (κ3) is 7.53. The van der Waals surface area contributed by atoms with Crippen molar-refractivity contribution >= 4 is 6.29 Å². The van der Waals surface area contributed by atoms with Crippen molar-refractivity contribution in [3.63, 3.8) is 0 Å². The molecule has 4 aromatic rings. The standard InChI is InChI=1S/C18H23FN2O2.C8H7FO.C8H12N2O/c1-4-23-17(13-9-8-11(2)15(19)10-13)16-12(3)21(20-18(16)22)14-6-5-7-14;1-6-2-3-7(5-10)4-8(6)9;1-6-5-8(11)9-10(6)7-3-2-4-7/h8-10,14,17H,4-7H2,1-3H3,(H,20,22);2-5H,1H3;5,7H,2-4H2,1H3,(H,9,11). The normalized spacial score (nSPS) is 15.2. The van der Waals surface area contributed by atoms with Crippen molar-refractivity contribution in [1.29, 1.82) is 0 Å². The number of nitrogens with zero attached hydrogens (tertiary/aromatic N) is 2. The Bertz CT molecular complexity index is 1690. The summed E-state index contributed by atoms with van der Waals surface area (Å²) in [5, 5.41) is 5.74. The second kappa shape index (κ2) is 14.6. The monoisotopic (exact) mass is 608 g/mol. The zero-order valence-electron chi connectivity index (χ0n) is 26.1. The van der Waals surface area contributed by atoms with Gasteiger partial charge in [-0.05, 0) is 102 Å². The molecule has 0 amide bonds. The summed E-state index contributed by atoms with van der Waals surface area (Å²) in [6, 6.07) is 12.0. The van der Waals surface area contributed by atoms with Crippen LogP contribution in [0, 0.1) is 39.3 Å². The van der Waals surface area contributed by atoms with Crippen LogP contribution in [0.15, 0.2) is 52.1 Å². The molecule has 6 rings (SSSR count). The number of aldehydes is 1. The van der Waals surface area contributed by atoms with Crippen LogP contribution in [-0.4, -0.2) is 32.5 Å². The number of carbonyl (C=O) groups is 1. The minimum atomic E-state index is -0.542. The summed E-state index contributed by atoms with van der Waals surface area (Å²) in [6.07, 6.45) is 7.17. The van der Waals surface area contributed by atoms with E-state index < -0.39 is 6.10 Å². The second-order valence-electron chi connectivity index (χ2n) is 11.6. The van der Waals surface area contributed by atoms with Gasteiger partial charge >= 0.3 is 0 Å². The van der Waals surface area contributed by atoms with Crippen LogP contribution < -0.4 is 11.1 Å². The molecule has 1 atom stereocenters. The zero-order chi connectivity index (χ0) is 32.0. The van der Waals surface area contributed by atoms with Crippen molar-refractivity contribution in [2.75, 3.05) is 6.61 Å². The van der Waals surface area contributed by atoms with Crippen LogP contribution in [0.1, 0.15) is 108 Å². The third-order valence-electron chi connectivity index (χ3n) is 8.47. The van der Waals surface area contributed by atoms with Gasteiger partial charge in [0.25, 0.3) is 11.1 Å². The molecular weight excluding hydrogens is 566 g/mol. The Morgan fingerprint density at radius 3 is 1.93 bits per heavy atom. The molecule has 2 N–H and O–H groups in total. The number of hydrogen-bond donors (Lipinski definition) is 2. The van der Waals surface area contributed by atoms with E-state index in [0.29, 0.717) is 52.8 Å². The van der Waals surface area contributed by atoms with Crippen molar-refractivity contribution in [2.45, 2.75) is 91.3 Å². The number of rotatable bonds is 7. The van der Waals surface area contributed by atoms with E-state index in [1.54, 1.807) is 38.1 Å². The number of nitrogens with one attached hydrogen (secondary N) is 2. The highest BCUT2D eigenvalue weighted by atomic mass is 19.1. The lowest BCUT2D eigenvalue weighted by Crippen LogP contribution is -2.20. The van der Waals surface area contributed by atoms with E-state index in [-0.39, 0.29) is 22.8 Å². The fourth-order valence-corrected chi connectivity index (χ4v) is 5.36. The Morgan fingerprint density at radius 2 is 1.45 bits per heavy atom. The van der Waals surface area contributed by atoms with E-state index in [0.717, 1.165) is 24.2 Å². The van der Waals surface area contributed by atoms with Crippen LogP contribution in [0.5, 0.6) is 0 Å². The minimum absolute atomic E-state index is 0.0226. The number of halogens is 2. The molecule has 2 aromatic heterocycles. The summed E-state index contributed by atoms with van der Waals surface area (Å²) < 4.78 is 36.3. The van der Waals surface area contributed by atoms with Gasteiger partial charge < -0.3 is 4.74 Å². The van der Waals surface area contributed by atoms with Gasteiger partial charge in [-0.2, -0.15) is 0 Å². The van der Waals surface area contributed by atoms with Crippen molar-refractivity contribution in [3.05, 3.63) is 114 Å². The summed E-state index contributed by atoms with van der Waals surface area (Å²) in [4.78, 5) is 33.5. The van der Waals surface area contributed by atoms with Crippen LogP contribution in [0.25, 0.3) is 0 Å². The van der Waals surface area contributed by atoms with Crippen LogP contribution >= 0.6 is 0 Å². The van der Waals surface area contributed by atoms with E-state index in [1.807, 2.05) is 36.2 Å². The van der Waals surface area contributed by atoms with Crippen LogP contribution in [-0.2, 0) is 4.74 Å². The molecule has 8 nitrogen and oxygen atoms in total. The van der Waals surface area contributed by atoms with Crippen molar-refractivity contribution < 1.29 is 18.3 Å². The highest BCUT2D eigenvalue weighted by Crippen LogP contribution is 2.34. The van der Waals surface area contributed by atoms with Crippen LogP contribution in [0.3, 0.4) is 0 Å². The van der Waals surface area contributed by atoms with Gasteiger partial charge in [-0.25, -0.2) is 8.78 Å². The number of benzene rings is 2. The number of hydrogen-bond acceptors (Lipinski definition) is 4. The van der Waals surface area contributed by atoms with Gasteiger partial charge in [-0.1, -0.05) is 24.3 Å². The predicted octanol–water partition coefficient (Wildman–Crippen LogP) is 6.94. The fourth-order valence-electron chi connectivity index (χ4n) is 5.36. The lowest BCUT2D eigenvalue weighted by molar-refractivity contribution is 0.0898. The van der Waals surface area contributed by atoms with Crippen molar-refractivity contribution in [2.24, 2.45) is 0 Å². The summed E-state index contributed by atoms with van der Waals surface area (Å²) in [7, 11) is 0. The summed E-state index contributed by atoms with van der Waals surface area (Å²) in [5.74, 6) is -0.607. The first-order valence-corrected chi connectivity index (χ1v) is 15.2. The minimum Gasteiger partial charge on any atom is -0.369 e. The number of aromatic nitrogens is 4. The molecule has 2 heterocycles. The lowest BCUT2D eigenvalue weighted by Gasteiger charge is -2.28. The molecule has 10 heteroatoms. The molecule has 0 aliphatic heterocycles. The molecule has 2 aliphatic rings. The largest absolute Gasteiger partial charge is 0.369 e. The SMILES string of the molecule is CCOC(c1ccc(C)c(F)c1)c1c(C)n(C2CCC2)[nH]c1=O.Cc1cc(=O)[nH]n1C1CCC1.Cc1ccc(C=O)cc1F. The zero-order valence-corrected chi connectivity index (χ0v) is 26.1. The molecule has 1 unspecified atom stereocenters. The van der Waals surface area contributed by atoms with E-state index >= 15 is 0 Å². The Morgan fingerprint density at radius 1 is 0.864 bits per heavy atom. The van der Waals surface area contributed by atoms with Gasteiger partial charge in [-0.15, -0.1) is 0 Å². The van der Waals surface area contributed by atoms with Gasteiger partial charge in [-0.3, -0.25) is 33.9 Å². The van der Waals surface area contributed by atoms with Crippen molar-refractivity contribution in [3.8, 4) is 0 Å². The van der Waals surface area contributed by atoms with Crippen LogP contribution in [0.4, 0.5) is 8.78 Å². The first-order chi connectivity index (χ1) is 21.0. The van der Waals surface area contributed by atoms with Gasteiger partial charge in [0.1, 0.15) is 24.0 Å². The molecule has 2 saturated carbocycles. The van der Waals surface area contributed by atoms with E-state index in [1.165, 1.54) is 37.8 Å². The van der Waals surface area contributed by atoms with Gasteiger partial charge in [0, 0.05) is 29.6 Å². The molecule has 0 spiro atoms. The Balaban J connectivity index is 0.000000174. The molecule has 2 aromatic carbocycles.